The van der Waals surface area contributed by atoms with Crippen LogP contribution in [0.1, 0.15) is 27.6 Å². The second-order valence-corrected chi connectivity index (χ2v) is 4.70. The van der Waals surface area contributed by atoms with Crippen molar-refractivity contribution in [3.05, 3.63) is 65.2 Å². The number of methoxy groups -OCH3 is 1. The van der Waals surface area contributed by atoms with Gasteiger partial charge in [-0.15, -0.1) is 0 Å². The van der Waals surface area contributed by atoms with Crippen molar-refractivity contribution in [3.63, 3.8) is 0 Å². The highest BCUT2D eigenvalue weighted by molar-refractivity contribution is 5.94. The summed E-state index contributed by atoms with van der Waals surface area (Å²) in [6.07, 6.45) is -0.835. The quantitative estimate of drug-likeness (QED) is 0.884. The molecular weight excluding hydrogens is 280 g/mol. The molecule has 112 valence electrons. The molecule has 0 aliphatic rings. The molecule has 0 bridgehead atoms. The number of carbonyl (C=O) groups excluding carboxylic acids is 1. The molecule has 0 saturated carbocycles. The molecule has 0 fully saturated rings. The Bertz CT molecular complexity index is 707. The maximum absolute atomic E-state index is 12.0. The molecule has 5 nitrogen and oxygen atoms in total. The first kappa shape index (κ1) is 15.5. The molecule has 1 amide bonds. The second kappa shape index (κ2) is 7.25. The Balaban J connectivity index is 1.99. The molecule has 1 unspecified atom stereocenters. The molecule has 2 aromatic rings. The zero-order valence-electron chi connectivity index (χ0n) is 12.1. The number of aliphatic hydroxyl groups excluding tert-OH is 1. The predicted octanol–water partition coefficient (Wildman–Crippen LogP) is 2.03. The van der Waals surface area contributed by atoms with Crippen LogP contribution >= 0.6 is 0 Å². The summed E-state index contributed by atoms with van der Waals surface area (Å²) in [4.78, 5) is 12.0. The lowest BCUT2D eigenvalue weighted by molar-refractivity contribution is 0.0916. The number of nitrogens with zero attached hydrogens (tertiary/aromatic N) is 1. The number of nitriles is 1. The number of benzene rings is 2. The Hall–Kier alpha value is -2.84. The van der Waals surface area contributed by atoms with Gasteiger partial charge in [-0.05, 0) is 35.9 Å². The summed E-state index contributed by atoms with van der Waals surface area (Å²) in [5, 5.41) is 21.6. The molecule has 2 aromatic carbocycles. The lowest BCUT2D eigenvalue weighted by atomic mass is 10.1. The van der Waals surface area contributed by atoms with E-state index in [1.165, 1.54) is 6.07 Å². The molecule has 0 aliphatic carbocycles. The third-order valence-electron chi connectivity index (χ3n) is 3.19. The zero-order valence-corrected chi connectivity index (χ0v) is 12.1. The van der Waals surface area contributed by atoms with Gasteiger partial charge in [-0.3, -0.25) is 4.79 Å². The van der Waals surface area contributed by atoms with Crippen molar-refractivity contribution in [2.75, 3.05) is 13.7 Å². The van der Waals surface area contributed by atoms with E-state index in [0.717, 1.165) is 0 Å². The lowest BCUT2D eigenvalue weighted by Crippen LogP contribution is -2.28. The molecule has 2 N–H and O–H groups in total. The average Bonchev–Trinajstić information content (AvgIpc) is 2.59. The van der Waals surface area contributed by atoms with E-state index in [4.69, 9.17) is 10.00 Å². The number of ether oxygens (including phenoxy) is 1. The highest BCUT2D eigenvalue weighted by Gasteiger charge is 2.12. The van der Waals surface area contributed by atoms with Crippen molar-refractivity contribution in [1.82, 2.24) is 5.32 Å². The number of aliphatic hydroxyl groups is 1. The number of carbonyl (C=O) groups is 1. The fourth-order valence-corrected chi connectivity index (χ4v) is 1.99. The van der Waals surface area contributed by atoms with Crippen LogP contribution in [0.2, 0.25) is 0 Å². The molecule has 0 aliphatic heterocycles. The molecular formula is C17H16N2O3. The van der Waals surface area contributed by atoms with Gasteiger partial charge in [-0.2, -0.15) is 5.26 Å². The molecule has 0 radical (unpaired) electrons. The minimum atomic E-state index is -0.835. The standard InChI is InChI=1S/C17H16N2O3/c1-22-15-7-3-5-13(9-15)16(20)11-19-17(21)14-6-2-4-12(8-14)10-18/h2-9,16,20H,11H2,1H3,(H,19,21). The highest BCUT2D eigenvalue weighted by Crippen LogP contribution is 2.18. The summed E-state index contributed by atoms with van der Waals surface area (Å²) in [5.74, 6) is 0.309. The van der Waals surface area contributed by atoms with Gasteiger partial charge in [-0.25, -0.2) is 0 Å². The van der Waals surface area contributed by atoms with Crippen LogP contribution in [0.25, 0.3) is 0 Å². The topological polar surface area (TPSA) is 82.3 Å². The van der Waals surface area contributed by atoms with Crippen LogP contribution in [-0.4, -0.2) is 24.7 Å². The molecule has 0 heterocycles. The van der Waals surface area contributed by atoms with Gasteiger partial charge < -0.3 is 15.2 Å². The Morgan fingerprint density at radius 2 is 2.09 bits per heavy atom. The summed E-state index contributed by atoms with van der Waals surface area (Å²) in [6.45, 7) is 0.0722. The molecule has 5 heteroatoms. The second-order valence-electron chi connectivity index (χ2n) is 4.70. The maximum atomic E-state index is 12.0. The van der Waals surface area contributed by atoms with Crippen molar-refractivity contribution in [1.29, 1.82) is 5.26 Å². The SMILES string of the molecule is COc1cccc(C(O)CNC(=O)c2cccc(C#N)c2)c1. The van der Waals surface area contributed by atoms with Gasteiger partial charge >= 0.3 is 0 Å². The number of hydrogen-bond acceptors (Lipinski definition) is 4. The Morgan fingerprint density at radius 3 is 2.82 bits per heavy atom. The van der Waals surface area contributed by atoms with Gasteiger partial charge in [0.25, 0.3) is 5.91 Å². The fraction of sp³-hybridized carbons (Fsp3) is 0.176. The van der Waals surface area contributed by atoms with E-state index in [1.54, 1.807) is 49.6 Å². The molecule has 1 atom stereocenters. The lowest BCUT2D eigenvalue weighted by Gasteiger charge is -2.13. The van der Waals surface area contributed by atoms with E-state index in [1.807, 2.05) is 6.07 Å². The summed E-state index contributed by atoms with van der Waals surface area (Å²) < 4.78 is 5.10. The first-order valence-corrected chi connectivity index (χ1v) is 6.74. The van der Waals surface area contributed by atoms with Crippen molar-refractivity contribution < 1.29 is 14.6 Å². The summed E-state index contributed by atoms with van der Waals surface area (Å²) in [6, 6.07) is 15.4. The fourth-order valence-electron chi connectivity index (χ4n) is 1.99. The van der Waals surface area contributed by atoms with Gasteiger partial charge in [0.15, 0.2) is 0 Å². The summed E-state index contributed by atoms with van der Waals surface area (Å²) >= 11 is 0. The van der Waals surface area contributed by atoms with Crippen molar-refractivity contribution >= 4 is 5.91 Å². The van der Waals surface area contributed by atoms with Gasteiger partial charge in [-0.1, -0.05) is 18.2 Å². The first-order valence-electron chi connectivity index (χ1n) is 6.74. The van der Waals surface area contributed by atoms with Crippen LogP contribution in [0.3, 0.4) is 0 Å². The monoisotopic (exact) mass is 296 g/mol. The average molecular weight is 296 g/mol. The van der Waals surface area contributed by atoms with E-state index >= 15 is 0 Å². The normalized spacial score (nSPS) is 11.3. The molecule has 0 saturated heterocycles. The van der Waals surface area contributed by atoms with E-state index in [0.29, 0.717) is 22.4 Å². The minimum Gasteiger partial charge on any atom is -0.497 e. The Kier molecular flexibility index (Phi) is 5.12. The molecule has 22 heavy (non-hydrogen) atoms. The van der Waals surface area contributed by atoms with Gasteiger partial charge in [0.05, 0.1) is 24.8 Å². The zero-order chi connectivity index (χ0) is 15.9. The van der Waals surface area contributed by atoms with Gasteiger partial charge in [0.1, 0.15) is 5.75 Å². The highest BCUT2D eigenvalue weighted by atomic mass is 16.5. The van der Waals surface area contributed by atoms with Crippen molar-refractivity contribution in [2.45, 2.75) is 6.10 Å². The van der Waals surface area contributed by atoms with E-state index < -0.39 is 6.10 Å². The number of rotatable bonds is 5. The van der Waals surface area contributed by atoms with Crippen LogP contribution in [0.15, 0.2) is 48.5 Å². The largest absolute Gasteiger partial charge is 0.497 e. The van der Waals surface area contributed by atoms with Crippen LogP contribution in [0.4, 0.5) is 0 Å². The number of nitrogens with one attached hydrogen (secondary N) is 1. The van der Waals surface area contributed by atoms with E-state index in [-0.39, 0.29) is 12.5 Å². The van der Waals surface area contributed by atoms with E-state index in [2.05, 4.69) is 5.32 Å². The third-order valence-corrected chi connectivity index (χ3v) is 3.19. The predicted molar refractivity (Wildman–Crippen MR) is 81.4 cm³/mol. The first-order chi connectivity index (χ1) is 10.6. The molecule has 0 aromatic heterocycles. The number of hydrogen-bond donors (Lipinski definition) is 2. The summed E-state index contributed by atoms with van der Waals surface area (Å²) in [5.41, 5.74) is 1.46. The third kappa shape index (κ3) is 3.84. The molecule has 2 rings (SSSR count). The summed E-state index contributed by atoms with van der Waals surface area (Å²) in [7, 11) is 1.55. The Labute approximate surface area is 128 Å². The van der Waals surface area contributed by atoms with Gasteiger partial charge in [0, 0.05) is 12.1 Å². The van der Waals surface area contributed by atoms with Crippen LogP contribution < -0.4 is 10.1 Å². The molecule has 0 spiro atoms. The smallest absolute Gasteiger partial charge is 0.251 e. The number of amides is 1. The van der Waals surface area contributed by atoms with Crippen LogP contribution in [0, 0.1) is 11.3 Å². The van der Waals surface area contributed by atoms with Crippen molar-refractivity contribution in [3.8, 4) is 11.8 Å². The van der Waals surface area contributed by atoms with Crippen LogP contribution in [0.5, 0.6) is 5.75 Å². The van der Waals surface area contributed by atoms with Crippen molar-refractivity contribution in [2.24, 2.45) is 0 Å². The van der Waals surface area contributed by atoms with Crippen LogP contribution in [-0.2, 0) is 0 Å². The Morgan fingerprint density at radius 1 is 1.32 bits per heavy atom. The maximum Gasteiger partial charge on any atom is 0.251 e. The van der Waals surface area contributed by atoms with E-state index in [9.17, 15) is 9.90 Å². The van der Waals surface area contributed by atoms with Gasteiger partial charge in [0.2, 0.25) is 0 Å². The minimum absolute atomic E-state index is 0.0722.